The van der Waals surface area contributed by atoms with Crippen LogP contribution in [0.25, 0.3) is 0 Å². The second kappa shape index (κ2) is 9.25. The van der Waals surface area contributed by atoms with E-state index in [1.54, 1.807) is 11.4 Å². The molecule has 1 heterocycles. The summed E-state index contributed by atoms with van der Waals surface area (Å²) in [5.41, 5.74) is 2.72. The van der Waals surface area contributed by atoms with Gasteiger partial charge in [0, 0.05) is 5.75 Å². The van der Waals surface area contributed by atoms with Crippen molar-refractivity contribution in [2.24, 2.45) is 0 Å². The van der Waals surface area contributed by atoms with Gasteiger partial charge >= 0.3 is 5.97 Å². The smallest absolute Gasteiger partial charge is 0.316 e. The van der Waals surface area contributed by atoms with Crippen molar-refractivity contribution in [2.75, 3.05) is 11.1 Å². The molecule has 130 valence electrons. The van der Waals surface area contributed by atoms with Gasteiger partial charge in [0.05, 0.1) is 11.3 Å². The highest BCUT2D eigenvalue weighted by molar-refractivity contribution is 7.99. The Hall–Kier alpha value is -2.30. The summed E-state index contributed by atoms with van der Waals surface area (Å²) in [5.74, 6) is -0.00719. The van der Waals surface area contributed by atoms with Crippen molar-refractivity contribution in [1.29, 1.82) is 5.26 Å². The standard InChI is InChI=1S/C18H18N2O3S2/c1-12-3-5-14(6-4-12)10-24-11-16(21)23-13(2)17(22)20-18-15(9-19)7-8-25-18/h3-8,13H,10-11H2,1-2H3,(H,20,22)/t13-/m1/s1. The molecule has 5 nitrogen and oxygen atoms in total. The molecule has 25 heavy (non-hydrogen) atoms. The quantitative estimate of drug-likeness (QED) is 0.747. The first kappa shape index (κ1) is 19.0. The minimum absolute atomic E-state index is 0.175. The van der Waals surface area contributed by atoms with Crippen molar-refractivity contribution in [1.82, 2.24) is 0 Å². The fourth-order valence-corrected chi connectivity index (χ4v) is 3.43. The molecule has 1 aromatic heterocycles. The van der Waals surface area contributed by atoms with Crippen LogP contribution in [0.3, 0.4) is 0 Å². The molecule has 0 fully saturated rings. The van der Waals surface area contributed by atoms with Gasteiger partial charge < -0.3 is 10.1 Å². The van der Waals surface area contributed by atoms with E-state index in [0.717, 1.165) is 5.56 Å². The van der Waals surface area contributed by atoms with E-state index >= 15 is 0 Å². The van der Waals surface area contributed by atoms with Gasteiger partial charge in [0.25, 0.3) is 5.91 Å². The van der Waals surface area contributed by atoms with Gasteiger partial charge in [-0.1, -0.05) is 29.8 Å². The lowest BCUT2D eigenvalue weighted by molar-refractivity contribution is -0.150. The molecule has 2 rings (SSSR count). The van der Waals surface area contributed by atoms with E-state index in [0.29, 0.717) is 16.3 Å². The molecule has 0 aliphatic heterocycles. The zero-order valence-electron chi connectivity index (χ0n) is 13.9. The van der Waals surface area contributed by atoms with Crippen molar-refractivity contribution in [3.05, 3.63) is 52.4 Å². The lowest BCUT2D eigenvalue weighted by Crippen LogP contribution is -2.30. The van der Waals surface area contributed by atoms with E-state index in [1.165, 1.54) is 35.6 Å². The average molecular weight is 374 g/mol. The third kappa shape index (κ3) is 5.93. The summed E-state index contributed by atoms with van der Waals surface area (Å²) in [4.78, 5) is 23.9. The number of thioether (sulfide) groups is 1. The molecule has 0 unspecified atom stereocenters. The number of rotatable bonds is 7. The van der Waals surface area contributed by atoms with Crippen LogP contribution in [-0.4, -0.2) is 23.7 Å². The van der Waals surface area contributed by atoms with Crippen LogP contribution in [0.5, 0.6) is 0 Å². The van der Waals surface area contributed by atoms with E-state index < -0.39 is 18.0 Å². The van der Waals surface area contributed by atoms with Crippen molar-refractivity contribution < 1.29 is 14.3 Å². The first-order valence-corrected chi connectivity index (χ1v) is 9.64. The number of anilines is 1. The van der Waals surface area contributed by atoms with Gasteiger partial charge in [0.15, 0.2) is 6.10 Å². The number of nitrogens with zero attached hydrogens (tertiary/aromatic N) is 1. The molecular formula is C18H18N2O3S2. The molecule has 0 spiro atoms. The zero-order chi connectivity index (χ0) is 18.2. The van der Waals surface area contributed by atoms with Crippen molar-refractivity contribution >= 4 is 40.0 Å². The first-order chi connectivity index (χ1) is 12.0. The van der Waals surface area contributed by atoms with Gasteiger partial charge in [-0.15, -0.1) is 23.1 Å². The highest BCUT2D eigenvalue weighted by Gasteiger charge is 2.19. The predicted molar refractivity (Wildman–Crippen MR) is 101 cm³/mol. The fourth-order valence-electron chi connectivity index (χ4n) is 1.93. The van der Waals surface area contributed by atoms with Gasteiger partial charge in [0.1, 0.15) is 11.1 Å². The molecule has 1 N–H and O–H groups in total. The van der Waals surface area contributed by atoms with Crippen molar-refractivity contribution in [3.63, 3.8) is 0 Å². The molecule has 0 radical (unpaired) electrons. The van der Waals surface area contributed by atoms with Gasteiger partial charge in [0.2, 0.25) is 0 Å². The van der Waals surface area contributed by atoms with Crippen molar-refractivity contribution in [2.45, 2.75) is 25.7 Å². The summed E-state index contributed by atoms with van der Waals surface area (Å²) >= 11 is 2.69. The van der Waals surface area contributed by atoms with Crippen molar-refractivity contribution in [3.8, 4) is 6.07 Å². The lowest BCUT2D eigenvalue weighted by atomic mass is 10.2. The largest absolute Gasteiger partial charge is 0.452 e. The maximum atomic E-state index is 12.0. The highest BCUT2D eigenvalue weighted by Crippen LogP contribution is 2.22. The Labute approximate surface area is 155 Å². The average Bonchev–Trinajstić information content (AvgIpc) is 3.03. The second-order valence-electron chi connectivity index (χ2n) is 5.37. The number of carbonyl (C=O) groups is 2. The monoisotopic (exact) mass is 374 g/mol. The minimum atomic E-state index is -0.916. The van der Waals surface area contributed by atoms with Crippen LogP contribution in [0, 0.1) is 18.3 Å². The molecule has 0 bridgehead atoms. The summed E-state index contributed by atoms with van der Waals surface area (Å²) in [5, 5.41) is 13.7. The Bertz CT molecular complexity index is 778. The molecule has 1 amide bonds. The number of amides is 1. The molecule has 0 aliphatic carbocycles. The van der Waals surface area contributed by atoms with Gasteiger partial charge in [-0.2, -0.15) is 5.26 Å². The number of hydrogen-bond acceptors (Lipinski definition) is 6. The van der Waals surface area contributed by atoms with Gasteiger partial charge in [-0.3, -0.25) is 9.59 Å². The third-order valence-corrected chi connectivity index (χ3v) is 5.12. The molecule has 0 saturated carbocycles. The summed E-state index contributed by atoms with van der Waals surface area (Å²) in [7, 11) is 0. The van der Waals surface area contributed by atoms with Gasteiger partial charge in [-0.05, 0) is 30.9 Å². The van der Waals surface area contributed by atoms with E-state index in [2.05, 4.69) is 5.32 Å². The van der Waals surface area contributed by atoms with Crippen LogP contribution in [0.4, 0.5) is 5.00 Å². The van der Waals surface area contributed by atoms with Gasteiger partial charge in [-0.25, -0.2) is 0 Å². The predicted octanol–water partition coefficient (Wildman–Crippen LogP) is 3.73. The molecular weight excluding hydrogens is 356 g/mol. The number of nitriles is 1. The number of hydrogen-bond donors (Lipinski definition) is 1. The Morgan fingerprint density at radius 2 is 2.04 bits per heavy atom. The maximum Gasteiger partial charge on any atom is 0.316 e. The van der Waals surface area contributed by atoms with E-state index in [4.69, 9.17) is 10.00 Å². The van der Waals surface area contributed by atoms with E-state index in [1.807, 2.05) is 37.3 Å². The van der Waals surface area contributed by atoms with Crippen LogP contribution >= 0.6 is 23.1 Å². The lowest BCUT2D eigenvalue weighted by Gasteiger charge is -2.13. The third-order valence-electron chi connectivity index (χ3n) is 3.31. The molecule has 0 aliphatic rings. The molecule has 1 aromatic carbocycles. The molecule has 2 aromatic rings. The van der Waals surface area contributed by atoms with Crippen LogP contribution < -0.4 is 5.32 Å². The normalized spacial score (nSPS) is 11.4. The minimum Gasteiger partial charge on any atom is -0.452 e. The number of thiophene rings is 1. The fraction of sp³-hybridized carbons (Fsp3) is 0.278. The topological polar surface area (TPSA) is 79.2 Å². The molecule has 1 atom stereocenters. The molecule has 0 saturated heterocycles. The maximum absolute atomic E-state index is 12.0. The van der Waals surface area contributed by atoms with Crippen LogP contribution in [0.15, 0.2) is 35.7 Å². The zero-order valence-corrected chi connectivity index (χ0v) is 15.6. The summed E-state index contributed by atoms with van der Waals surface area (Å²) in [6.07, 6.45) is -0.916. The van der Waals surface area contributed by atoms with Crippen LogP contribution in [0.1, 0.15) is 23.6 Å². The Morgan fingerprint density at radius 3 is 2.72 bits per heavy atom. The number of esters is 1. The van der Waals surface area contributed by atoms with Crippen LogP contribution in [-0.2, 0) is 20.1 Å². The number of ether oxygens (including phenoxy) is 1. The first-order valence-electron chi connectivity index (χ1n) is 7.61. The number of carbonyl (C=O) groups excluding carboxylic acids is 2. The van der Waals surface area contributed by atoms with E-state index in [-0.39, 0.29) is 5.75 Å². The SMILES string of the molecule is Cc1ccc(CSCC(=O)O[C@H](C)C(=O)Nc2sccc2C#N)cc1. The summed E-state index contributed by atoms with van der Waals surface area (Å²) < 4.78 is 5.14. The Kier molecular flexibility index (Phi) is 7.04. The Balaban J connectivity index is 1.74. The Morgan fingerprint density at radius 1 is 1.32 bits per heavy atom. The number of benzene rings is 1. The van der Waals surface area contributed by atoms with E-state index in [9.17, 15) is 9.59 Å². The second-order valence-corrected chi connectivity index (χ2v) is 7.28. The molecule has 7 heteroatoms. The summed E-state index contributed by atoms with van der Waals surface area (Å²) in [6.45, 7) is 3.54. The number of nitrogens with one attached hydrogen (secondary N) is 1. The van der Waals surface area contributed by atoms with Crippen LogP contribution in [0.2, 0.25) is 0 Å². The summed E-state index contributed by atoms with van der Waals surface area (Å²) in [6, 6.07) is 11.7. The number of aryl methyl sites for hydroxylation is 1. The highest BCUT2D eigenvalue weighted by atomic mass is 32.2.